The minimum Gasteiger partial charge on any atom is -0.381 e. The van der Waals surface area contributed by atoms with Gasteiger partial charge >= 0.3 is 0 Å². The summed E-state index contributed by atoms with van der Waals surface area (Å²) in [7, 11) is 0. The largest absolute Gasteiger partial charge is 0.381 e. The fourth-order valence-electron chi connectivity index (χ4n) is 2.20. The molecule has 3 rings (SSSR count). The van der Waals surface area contributed by atoms with Gasteiger partial charge in [0.05, 0.1) is 5.52 Å². The van der Waals surface area contributed by atoms with Crippen molar-refractivity contribution < 1.29 is 0 Å². The van der Waals surface area contributed by atoms with Gasteiger partial charge in [-0.1, -0.05) is 23.8 Å². The fraction of sp³-hybridized carbons (Fsp3) is 0.214. The van der Waals surface area contributed by atoms with Crippen LogP contribution in [0.5, 0.6) is 0 Å². The third kappa shape index (κ3) is 2.13. The zero-order valence-corrected chi connectivity index (χ0v) is 10.1. The Hall–Kier alpha value is -1.54. The number of rotatable bonds is 2. The van der Waals surface area contributed by atoms with Gasteiger partial charge in [-0.05, 0) is 37.1 Å². The molecule has 3 heteroatoms. The van der Waals surface area contributed by atoms with E-state index in [2.05, 4.69) is 22.5 Å². The van der Waals surface area contributed by atoms with Crippen molar-refractivity contribution in [2.45, 2.75) is 18.9 Å². The molecule has 0 saturated heterocycles. The van der Waals surface area contributed by atoms with Crippen LogP contribution in [0.2, 0.25) is 5.02 Å². The highest BCUT2D eigenvalue weighted by Gasteiger charge is 2.11. The number of benzene rings is 1. The van der Waals surface area contributed by atoms with Crippen molar-refractivity contribution in [3.05, 3.63) is 47.6 Å². The summed E-state index contributed by atoms with van der Waals surface area (Å²) in [6, 6.07) is 8.36. The van der Waals surface area contributed by atoms with Crippen molar-refractivity contribution in [1.29, 1.82) is 0 Å². The maximum Gasteiger partial charge on any atom is 0.0737 e. The molecular weight excluding hydrogens is 232 g/mol. The second kappa shape index (κ2) is 4.38. The number of pyridine rings is 1. The molecule has 1 aromatic carbocycles. The Morgan fingerprint density at radius 1 is 1.18 bits per heavy atom. The zero-order chi connectivity index (χ0) is 11.7. The summed E-state index contributed by atoms with van der Waals surface area (Å²) < 4.78 is 0. The lowest BCUT2D eigenvalue weighted by atomic mass is 10.1. The van der Waals surface area contributed by atoms with Crippen LogP contribution in [0.4, 0.5) is 5.69 Å². The summed E-state index contributed by atoms with van der Waals surface area (Å²) in [4.78, 5) is 4.34. The molecule has 1 heterocycles. The summed E-state index contributed by atoms with van der Waals surface area (Å²) in [6.07, 6.45) is 8.45. The number of halogens is 1. The smallest absolute Gasteiger partial charge is 0.0737 e. The molecule has 0 saturated carbocycles. The number of nitrogens with zero attached hydrogens (tertiary/aromatic N) is 1. The van der Waals surface area contributed by atoms with E-state index in [1.54, 1.807) is 0 Å². The van der Waals surface area contributed by atoms with E-state index in [1.165, 1.54) is 0 Å². The number of nitrogens with one attached hydrogen (secondary N) is 1. The summed E-state index contributed by atoms with van der Waals surface area (Å²) in [5.74, 6) is 0. The first-order valence-electron chi connectivity index (χ1n) is 5.79. The molecule has 0 aliphatic heterocycles. The van der Waals surface area contributed by atoms with Crippen LogP contribution in [0.15, 0.2) is 42.6 Å². The monoisotopic (exact) mass is 244 g/mol. The maximum atomic E-state index is 5.97. The molecule has 1 aliphatic carbocycles. The molecule has 0 radical (unpaired) electrons. The minimum absolute atomic E-state index is 0.510. The average molecular weight is 245 g/mol. The van der Waals surface area contributed by atoms with Gasteiger partial charge in [0.2, 0.25) is 0 Å². The SMILES string of the molecule is Clc1ccc2c(NC3CC=CC3)ccnc2c1. The molecule has 0 amide bonds. The summed E-state index contributed by atoms with van der Waals surface area (Å²) in [5, 5.41) is 5.41. The second-order valence-corrected chi connectivity index (χ2v) is 4.74. The Labute approximate surface area is 105 Å². The fourth-order valence-corrected chi connectivity index (χ4v) is 2.37. The molecular formula is C14H13ClN2. The Balaban J connectivity index is 1.98. The van der Waals surface area contributed by atoms with Crippen molar-refractivity contribution in [3.63, 3.8) is 0 Å². The molecule has 1 aliphatic rings. The summed E-state index contributed by atoms with van der Waals surface area (Å²) >= 11 is 5.97. The number of anilines is 1. The third-order valence-electron chi connectivity index (χ3n) is 3.07. The van der Waals surface area contributed by atoms with Crippen LogP contribution in [0.3, 0.4) is 0 Å². The molecule has 17 heavy (non-hydrogen) atoms. The number of hydrogen-bond donors (Lipinski definition) is 1. The van der Waals surface area contributed by atoms with Gasteiger partial charge in [-0.2, -0.15) is 0 Å². The average Bonchev–Trinajstić information content (AvgIpc) is 2.82. The first-order valence-corrected chi connectivity index (χ1v) is 6.16. The lowest BCUT2D eigenvalue weighted by Crippen LogP contribution is -2.15. The molecule has 0 fully saturated rings. The second-order valence-electron chi connectivity index (χ2n) is 4.30. The van der Waals surface area contributed by atoms with E-state index in [0.717, 1.165) is 34.5 Å². The van der Waals surface area contributed by atoms with E-state index >= 15 is 0 Å². The van der Waals surface area contributed by atoms with E-state index in [9.17, 15) is 0 Å². The predicted molar refractivity (Wildman–Crippen MR) is 72.5 cm³/mol. The normalized spacial score (nSPS) is 15.6. The van der Waals surface area contributed by atoms with Gasteiger partial charge in [-0.25, -0.2) is 0 Å². The topological polar surface area (TPSA) is 24.9 Å². The van der Waals surface area contributed by atoms with Crippen molar-refractivity contribution >= 4 is 28.2 Å². The number of fused-ring (bicyclic) bond motifs is 1. The Kier molecular flexibility index (Phi) is 2.73. The van der Waals surface area contributed by atoms with Gasteiger partial charge in [-0.3, -0.25) is 4.98 Å². The molecule has 1 aromatic heterocycles. The first kappa shape index (κ1) is 10.6. The van der Waals surface area contributed by atoms with Crippen molar-refractivity contribution in [1.82, 2.24) is 4.98 Å². The Bertz CT molecular complexity index is 569. The molecule has 0 bridgehead atoms. The molecule has 0 unspecified atom stereocenters. The van der Waals surface area contributed by atoms with Crippen molar-refractivity contribution in [3.8, 4) is 0 Å². The van der Waals surface area contributed by atoms with Crippen LogP contribution in [0, 0.1) is 0 Å². The molecule has 86 valence electrons. The van der Waals surface area contributed by atoms with E-state index < -0.39 is 0 Å². The van der Waals surface area contributed by atoms with Crippen molar-refractivity contribution in [2.24, 2.45) is 0 Å². The highest BCUT2D eigenvalue weighted by atomic mass is 35.5. The quantitative estimate of drug-likeness (QED) is 0.808. The predicted octanol–water partition coefficient (Wildman–Crippen LogP) is 4.02. The lowest BCUT2D eigenvalue weighted by Gasteiger charge is -2.15. The number of hydrogen-bond acceptors (Lipinski definition) is 2. The highest BCUT2D eigenvalue weighted by molar-refractivity contribution is 6.31. The third-order valence-corrected chi connectivity index (χ3v) is 3.31. The van der Waals surface area contributed by atoms with Gasteiger partial charge in [-0.15, -0.1) is 0 Å². The molecule has 1 N–H and O–H groups in total. The molecule has 2 aromatic rings. The van der Waals surface area contributed by atoms with E-state index in [-0.39, 0.29) is 0 Å². The van der Waals surface area contributed by atoms with Crippen LogP contribution in [-0.2, 0) is 0 Å². The first-order chi connectivity index (χ1) is 8.33. The van der Waals surface area contributed by atoms with Crippen LogP contribution < -0.4 is 5.32 Å². The van der Waals surface area contributed by atoms with Gasteiger partial charge in [0.1, 0.15) is 0 Å². The van der Waals surface area contributed by atoms with Crippen LogP contribution in [-0.4, -0.2) is 11.0 Å². The zero-order valence-electron chi connectivity index (χ0n) is 9.36. The Morgan fingerprint density at radius 3 is 2.82 bits per heavy atom. The molecule has 0 spiro atoms. The van der Waals surface area contributed by atoms with E-state index in [0.29, 0.717) is 6.04 Å². The van der Waals surface area contributed by atoms with E-state index in [4.69, 9.17) is 11.6 Å². The summed E-state index contributed by atoms with van der Waals surface area (Å²) in [6.45, 7) is 0. The highest BCUT2D eigenvalue weighted by Crippen LogP contribution is 2.26. The molecule has 2 nitrogen and oxygen atoms in total. The van der Waals surface area contributed by atoms with Crippen LogP contribution in [0.25, 0.3) is 10.9 Å². The lowest BCUT2D eigenvalue weighted by molar-refractivity contribution is 0.788. The van der Waals surface area contributed by atoms with Gasteiger partial charge in [0.15, 0.2) is 0 Å². The number of aromatic nitrogens is 1. The van der Waals surface area contributed by atoms with Crippen molar-refractivity contribution in [2.75, 3.05) is 5.32 Å². The minimum atomic E-state index is 0.510. The molecule has 0 atom stereocenters. The summed E-state index contributed by atoms with van der Waals surface area (Å²) in [5.41, 5.74) is 2.08. The van der Waals surface area contributed by atoms with Gasteiger partial charge in [0, 0.05) is 28.3 Å². The maximum absolute atomic E-state index is 5.97. The van der Waals surface area contributed by atoms with Gasteiger partial charge in [0.25, 0.3) is 0 Å². The Morgan fingerprint density at radius 2 is 2.00 bits per heavy atom. The van der Waals surface area contributed by atoms with Crippen LogP contribution >= 0.6 is 11.6 Å². The van der Waals surface area contributed by atoms with E-state index in [1.807, 2.05) is 30.5 Å². The van der Waals surface area contributed by atoms with Gasteiger partial charge < -0.3 is 5.32 Å². The standard InChI is InChI=1S/C14H13ClN2/c15-10-5-6-12-13(7-8-16-14(12)9-10)17-11-3-1-2-4-11/h1-2,5-9,11H,3-4H2,(H,16,17). The van der Waals surface area contributed by atoms with Crippen LogP contribution in [0.1, 0.15) is 12.8 Å².